The highest BCUT2D eigenvalue weighted by Crippen LogP contribution is 2.40. The third kappa shape index (κ3) is 4.93. The molecular formula is C24H24O4S. The molecule has 1 N–H and O–H groups in total. The molecule has 0 amide bonds. The zero-order valence-corrected chi connectivity index (χ0v) is 17.6. The van der Waals surface area contributed by atoms with E-state index < -0.39 is 5.63 Å². The van der Waals surface area contributed by atoms with Crippen molar-refractivity contribution in [3.63, 3.8) is 0 Å². The molecule has 0 aliphatic carbocycles. The van der Waals surface area contributed by atoms with Crippen LogP contribution in [0.2, 0.25) is 0 Å². The van der Waals surface area contributed by atoms with E-state index in [0.29, 0.717) is 12.4 Å². The van der Waals surface area contributed by atoms with Crippen molar-refractivity contribution in [2.75, 3.05) is 6.61 Å². The highest BCUT2D eigenvalue weighted by molar-refractivity contribution is 7.99. The van der Waals surface area contributed by atoms with Gasteiger partial charge in [-0.25, -0.2) is 4.79 Å². The average Bonchev–Trinajstić information content (AvgIpc) is 2.69. The predicted molar refractivity (Wildman–Crippen MR) is 117 cm³/mol. The van der Waals surface area contributed by atoms with Gasteiger partial charge in [-0.2, -0.15) is 0 Å². The third-order valence-electron chi connectivity index (χ3n) is 4.29. The second kappa shape index (κ2) is 8.62. The molecule has 0 bridgehead atoms. The van der Waals surface area contributed by atoms with Gasteiger partial charge in [0.15, 0.2) is 0 Å². The summed E-state index contributed by atoms with van der Waals surface area (Å²) in [4.78, 5) is 13.6. The van der Waals surface area contributed by atoms with Crippen molar-refractivity contribution in [1.29, 1.82) is 0 Å². The lowest BCUT2D eigenvalue weighted by molar-refractivity contribution is 0.361. The molecule has 0 spiro atoms. The minimum Gasteiger partial charge on any atom is -0.506 e. The number of rotatable bonds is 6. The van der Waals surface area contributed by atoms with Crippen molar-refractivity contribution < 1.29 is 14.3 Å². The minimum absolute atomic E-state index is 0.100. The lowest BCUT2D eigenvalue weighted by atomic mass is 9.87. The zero-order chi connectivity index (χ0) is 21.0. The second-order valence-corrected chi connectivity index (χ2v) is 8.64. The highest BCUT2D eigenvalue weighted by Gasteiger charge is 2.22. The molecule has 4 nitrogen and oxygen atoms in total. The van der Waals surface area contributed by atoms with Crippen LogP contribution < -0.4 is 10.4 Å². The topological polar surface area (TPSA) is 59.7 Å². The van der Waals surface area contributed by atoms with Gasteiger partial charge in [-0.05, 0) is 29.2 Å². The molecule has 0 unspecified atom stereocenters. The van der Waals surface area contributed by atoms with Gasteiger partial charge >= 0.3 is 5.63 Å². The molecular weight excluding hydrogens is 384 g/mol. The largest absolute Gasteiger partial charge is 0.506 e. The van der Waals surface area contributed by atoms with Crippen molar-refractivity contribution in [2.24, 2.45) is 0 Å². The smallest absolute Gasteiger partial charge is 0.354 e. The summed E-state index contributed by atoms with van der Waals surface area (Å²) in [6.45, 7) is 10.3. The van der Waals surface area contributed by atoms with Crippen LogP contribution in [0.3, 0.4) is 0 Å². The van der Waals surface area contributed by atoms with E-state index >= 15 is 0 Å². The number of hydrogen-bond acceptors (Lipinski definition) is 5. The van der Waals surface area contributed by atoms with Gasteiger partial charge in [0, 0.05) is 16.5 Å². The molecule has 1 aromatic heterocycles. The standard InChI is InChI=1S/C24H24O4S/c1-5-13-27-17-11-12-21(18(14-17)24(2,3)4)29-22-19(25)15-20(28-23(22)26)16-9-7-6-8-10-16/h5-12,14-15,25H,1,13H2,2-4H3. The number of ether oxygens (including phenoxy) is 1. The third-order valence-corrected chi connectivity index (χ3v) is 5.44. The van der Waals surface area contributed by atoms with E-state index in [9.17, 15) is 9.90 Å². The van der Waals surface area contributed by atoms with Gasteiger partial charge in [0.2, 0.25) is 0 Å². The van der Waals surface area contributed by atoms with E-state index in [2.05, 4.69) is 27.4 Å². The first kappa shape index (κ1) is 20.8. The Bertz CT molecular complexity index is 1060. The van der Waals surface area contributed by atoms with Crippen LogP contribution in [0.25, 0.3) is 11.3 Å². The first-order chi connectivity index (χ1) is 13.8. The van der Waals surface area contributed by atoms with Crippen LogP contribution in [0.4, 0.5) is 0 Å². The fourth-order valence-electron chi connectivity index (χ4n) is 2.85. The van der Waals surface area contributed by atoms with Gasteiger partial charge in [0.25, 0.3) is 0 Å². The monoisotopic (exact) mass is 408 g/mol. The molecule has 150 valence electrons. The lowest BCUT2D eigenvalue weighted by Crippen LogP contribution is -2.13. The summed E-state index contributed by atoms with van der Waals surface area (Å²) < 4.78 is 11.1. The van der Waals surface area contributed by atoms with Crippen LogP contribution in [0, 0.1) is 0 Å². The minimum atomic E-state index is -0.569. The highest BCUT2D eigenvalue weighted by atomic mass is 32.2. The van der Waals surface area contributed by atoms with Crippen LogP contribution in [0.15, 0.2) is 86.3 Å². The van der Waals surface area contributed by atoms with Gasteiger partial charge in [-0.15, -0.1) is 0 Å². The molecule has 0 saturated carbocycles. The predicted octanol–water partition coefficient (Wildman–Crippen LogP) is 6.03. The van der Waals surface area contributed by atoms with Crippen molar-refractivity contribution in [2.45, 2.75) is 36.0 Å². The van der Waals surface area contributed by atoms with Crippen LogP contribution in [0.5, 0.6) is 11.5 Å². The maximum absolute atomic E-state index is 12.6. The average molecular weight is 409 g/mol. The van der Waals surface area contributed by atoms with Crippen molar-refractivity contribution in [3.8, 4) is 22.8 Å². The van der Waals surface area contributed by atoms with E-state index in [4.69, 9.17) is 9.15 Å². The Morgan fingerprint density at radius 2 is 1.86 bits per heavy atom. The maximum atomic E-state index is 12.6. The van der Waals surface area contributed by atoms with Gasteiger partial charge in [-0.3, -0.25) is 0 Å². The van der Waals surface area contributed by atoms with E-state index in [1.54, 1.807) is 6.08 Å². The van der Waals surface area contributed by atoms with Gasteiger partial charge in [0.1, 0.15) is 28.8 Å². The van der Waals surface area contributed by atoms with Crippen LogP contribution in [0.1, 0.15) is 26.3 Å². The van der Waals surface area contributed by atoms with Gasteiger partial charge in [-0.1, -0.05) is 75.5 Å². The Kier molecular flexibility index (Phi) is 6.18. The number of aromatic hydroxyl groups is 1. The molecule has 3 rings (SSSR count). The fourth-order valence-corrected chi connectivity index (χ4v) is 3.97. The molecule has 2 aromatic carbocycles. The van der Waals surface area contributed by atoms with Crippen molar-refractivity contribution in [3.05, 3.63) is 83.2 Å². The van der Waals surface area contributed by atoms with Gasteiger partial charge < -0.3 is 14.3 Å². The quantitative estimate of drug-likeness (QED) is 0.505. The number of hydrogen-bond donors (Lipinski definition) is 1. The van der Waals surface area contributed by atoms with Gasteiger partial charge in [0.05, 0.1) is 0 Å². The summed E-state index contributed by atoms with van der Waals surface area (Å²) in [6, 6.07) is 16.4. The van der Waals surface area contributed by atoms with Crippen molar-refractivity contribution >= 4 is 11.8 Å². The summed E-state index contributed by atoms with van der Waals surface area (Å²) >= 11 is 1.20. The first-order valence-corrected chi connectivity index (χ1v) is 10.1. The molecule has 3 aromatic rings. The summed E-state index contributed by atoms with van der Waals surface area (Å²) in [7, 11) is 0. The maximum Gasteiger partial charge on any atom is 0.354 e. The molecule has 0 saturated heterocycles. The summed E-state index contributed by atoms with van der Waals surface area (Å²) in [5.41, 5.74) is 0.988. The Balaban J connectivity index is 1.99. The van der Waals surface area contributed by atoms with E-state index in [-0.39, 0.29) is 16.1 Å². The Hall–Kier alpha value is -2.92. The summed E-state index contributed by atoms with van der Waals surface area (Å²) in [5.74, 6) is 0.966. The normalized spacial score (nSPS) is 11.3. The molecule has 5 heteroatoms. The SMILES string of the molecule is C=CCOc1ccc(Sc2c(O)cc(-c3ccccc3)oc2=O)c(C(C)(C)C)c1. The van der Waals surface area contributed by atoms with E-state index in [0.717, 1.165) is 21.8 Å². The molecule has 1 heterocycles. The van der Waals surface area contributed by atoms with E-state index in [1.165, 1.54) is 17.8 Å². The van der Waals surface area contributed by atoms with E-state index in [1.807, 2.05) is 48.5 Å². The zero-order valence-electron chi connectivity index (χ0n) is 16.8. The Morgan fingerprint density at radius 1 is 1.14 bits per heavy atom. The Morgan fingerprint density at radius 3 is 2.48 bits per heavy atom. The van der Waals surface area contributed by atoms with Crippen LogP contribution >= 0.6 is 11.8 Å². The Labute approximate surface area is 174 Å². The second-order valence-electron chi connectivity index (χ2n) is 7.59. The lowest BCUT2D eigenvalue weighted by Gasteiger charge is -2.23. The number of benzene rings is 2. The van der Waals surface area contributed by atoms with Crippen LogP contribution in [-0.4, -0.2) is 11.7 Å². The van der Waals surface area contributed by atoms with Crippen LogP contribution in [-0.2, 0) is 5.41 Å². The fraction of sp³-hybridized carbons (Fsp3) is 0.208. The molecule has 0 atom stereocenters. The first-order valence-electron chi connectivity index (χ1n) is 9.28. The summed E-state index contributed by atoms with van der Waals surface area (Å²) in [6.07, 6.45) is 1.69. The van der Waals surface area contributed by atoms with Crippen molar-refractivity contribution in [1.82, 2.24) is 0 Å². The molecule has 0 fully saturated rings. The molecule has 29 heavy (non-hydrogen) atoms. The summed E-state index contributed by atoms with van der Waals surface area (Å²) in [5, 5.41) is 10.5. The molecule has 0 radical (unpaired) electrons. The molecule has 0 aliphatic rings. The molecule has 0 aliphatic heterocycles.